The van der Waals surface area contributed by atoms with Gasteiger partial charge in [-0.2, -0.15) is 0 Å². The smallest absolute Gasteiger partial charge is 0.248 e. The van der Waals surface area contributed by atoms with Gasteiger partial charge in [0, 0.05) is 23.1 Å². The Morgan fingerprint density at radius 1 is 1.33 bits per heavy atom. The highest BCUT2D eigenvalue weighted by Crippen LogP contribution is 2.39. The molecule has 2 unspecified atom stereocenters. The quantitative estimate of drug-likeness (QED) is 0.796. The lowest BCUT2D eigenvalue weighted by molar-refractivity contribution is -0.117. The lowest BCUT2D eigenvalue weighted by Gasteiger charge is -2.40. The molecule has 0 spiro atoms. The number of carbonyl (C=O) groups is 1. The van der Waals surface area contributed by atoms with Crippen LogP contribution in [0.5, 0.6) is 0 Å². The Morgan fingerprint density at radius 3 is 2.83 bits per heavy atom. The number of carbonyl (C=O) groups excluding carboxylic acids is 1. The van der Waals surface area contributed by atoms with E-state index in [-0.39, 0.29) is 11.9 Å². The van der Waals surface area contributed by atoms with Gasteiger partial charge in [-0.1, -0.05) is 23.2 Å². The summed E-state index contributed by atoms with van der Waals surface area (Å²) in [6.07, 6.45) is 0. The van der Waals surface area contributed by atoms with Crippen LogP contribution in [0.3, 0.4) is 0 Å². The second-order valence-corrected chi connectivity index (χ2v) is 6.73. The zero-order valence-corrected chi connectivity index (χ0v) is 11.6. The molecule has 1 fully saturated rings. The average Bonchev–Trinajstić information content (AvgIpc) is 2.32. The summed E-state index contributed by atoms with van der Waals surface area (Å²) in [5, 5.41) is 3.66. The van der Waals surface area contributed by atoms with Gasteiger partial charge in [0.2, 0.25) is 5.91 Å². The van der Waals surface area contributed by atoms with Crippen LogP contribution in [-0.2, 0) is 15.6 Å². The summed E-state index contributed by atoms with van der Waals surface area (Å²) in [7, 11) is -0.927. The maximum Gasteiger partial charge on any atom is 0.248 e. The Morgan fingerprint density at radius 2 is 2.06 bits per heavy atom. The highest BCUT2D eigenvalue weighted by atomic mass is 35.5. The van der Waals surface area contributed by atoms with E-state index < -0.39 is 10.8 Å². The van der Waals surface area contributed by atoms with Crippen LogP contribution in [0, 0.1) is 0 Å². The maximum atomic E-state index is 12.0. The Balaban J connectivity index is 2.08. The summed E-state index contributed by atoms with van der Waals surface area (Å²) >= 11 is 12.0. The molecule has 0 aromatic heterocycles. The molecule has 0 saturated carbocycles. The van der Waals surface area contributed by atoms with Crippen molar-refractivity contribution in [2.75, 3.05) is 28.3 Å². The molecule has 1 aromatic rings. The molecule has 1 N–H and O–H groups in total. The molecule has 2 atom stereocenters. The molecule has 1 saturated heterocycles. The van der Waals surface area contributed by atoms with Gasteiger partial charge in [-0.3, -0.25) is 9.00 Å². The van der Waals surface area contributed by atoms with Crippen LogP contribution in [0.4, 0.5) is 11.4 Å². The fraction of sp³-hybridized carbons (Fsp3) is 0.364. The standard InChI is InChI=1S/C11H10Cl2N2O2S/c12-6-3-8-9(4-7(6)13)15-1-2-18(17)5-10(15)11(16)14-8/h3-4,10H,1-2,5H2,(H,14,16). The van der Waals surface area contributed by atoms with Crippen molar-refractivity contribution in [3.8, 4) is 0 Å². The van der Waals surface area contributed by atoms with Crippen molar-refractivity contribution in [2.24, 2.45) is 0 Å². The van der Waals surface area contributed by atoms with E-state index in [1.54, 1.807) is 12.1 Å². The fourth-order valence-corrected chi connectivity index (χ4v) is 3.87. The highest BCUT2D eigenvalue weighted by Gasteiger charge is 2.37. The number of amides is 1. The minimum atomic E-state index is -0.927. The summed E-state index contributed by atoms with van der Waals surface area (Å²) in [4.78, 5) is 13.9. The summed E-state index contributed by atoms with van der Waals surface area (Å²) in [6.45, 7) is 0.593. The molecule has 2 heterocycles. The number of hydrogen-bond donors (Lipinski definition) is 1. The van der Waals surface area contributed by atoms with E-state index in [1.807, 2.05) is 4.90 Å². The van der Waals surface area contributed by atoms with Crippen LogP contribution in [0.2, 0.25) is 10.0 Å². The van der Waals surface area contributed by atoms with Crippen molar-refractivity contribution >= 4 is 51.3 Å². The molecule has 7 heteroatoms. The van der Waals surface area contributed by atoms with E-state index in [0.29, 0.717) is 33.8 Å². The van der Waals surface area contributed by atoms with Crippen LogP contribution in [-0.4, -0.2) is 34.2 Å². The number of fused-ring (bicyclic) bond motifs is 3. The molecule has 2 aliphatic heterocycles. The van der Waals surface area contributed by atoms with Crippen molar-refractivity contribution in [2.45, 2.75) is 6.04 Å². The Labute approximate surface area is 117 Å². The molecular weight excluding hydrogens is 295 g/mol. The largest absolute Gasteiger partial charge is 0.356 e. The average molecular weight is 305 g/mol. The third-order valence-electron chi connectivity index (χ3n) is 3.19. The van der Waals surface area contributed by atoms with Gasteiger partial charge in [0.25, 0.3) is 0 Å². The second kappa shape index (κ2) is 4.40. The van der Waals surface area contributed by atoms with Gasteiger partial charge in [0.15, 0.2) is 0 Å². The van der Waals surface area contributed by atoms with Crippen LogP contribution < -0.4 is 10.2 Å². The van der Waals surface area contributed by atoms with Gasteiger partial charge < -0.3 is 10.2 Å². The molecule has 0 radical (unpaired) electrons. The highest BCUT2D eigenvalue weighted by molar-refractivity contribution is 7.85. The molecular formula is C11H10Cl2N2O2S. The Hall–Kier alpha value is -0.780. The van der Waals surface area contributed by atoms with Gasteiger partial charge in [-0.05, 0) is 12.1 Å². The van der Waals surface area contributed by atoms with Crippen LogP contribution >= 0.6 is 23.2 Å². The first-order valence-corrected chi connectivity index (χ1v) is 7.72. The molecule has 0 bridgehead atoms. The molecule has 3 rings (SSSR count). The van der Waals surface area contributed by atoms with E-state index >= 15 is 0 Å². The van der Waals surface area contributed by atoms with Gasteiger partial charge >= 0.3 is 0 Å². The van der Waals surface area contributed by atoms with E-state index in [9.17, 15) is 9.00 Å². The summed E-state index contributed by atoms with van der Waals surface area (Å²) in [6, 6.07) is 3.03. The van der Waals surface area contributed by atoms with Gasteiger partial charge in [-0.25, -0.2) is 0 Å². The number of hydrogen-bond acceptors (Lipinski definition) is 3. The fourth-order valence-electron chi connectivity index (χ4n) is 2.30. The van der Waals surface area contributed by atoms with Gasteiger partial charge in [0.1, 0.15) is 6.04 Å². The zero-order chi connectivity index (χ0) is 12.9. The SMILES string of the molecule is O=C1Nc2cc(Cl)c(Cl)cc2N2CCS(=O)CC12. The molecule has 96 valence electrons. The topological polar surface area (TPSA) is 49.4 Å². The number of benzene rings is 1. The van der Waals surface area contributed by atoms with E-state index in [1.165, 1.54) is 0 Å². The first-order valence-electron chi connectivity index (χ1n) is 5.48. The molecule has 1 amide bonds. The van der Waals surface area contributed by atoms with Crippen LogP contribution in [0.15, 0.2) is 12.1 Å². The number of nitrogens with zero attached hydrogens (tertiary/aromatic N) is 1. The summed E-state index contributed by atoms with van der Waals surface area (Å²) in [5.74, 6) is 0.809. The molecule has 18 heavy (non-hydrogen) atoms. The normalized spacial score (nSPS) is 26.3. The first-order chi connectivity index (χ1) is 8.56. The van der Waals surface area contributed by atoms with Crippen molar-refractivity contribution in [3.05, 3.63) is 22.2 Å². The van der Waals surface area contributed by atoms with Crippen molar-refractivity contribution in [1.82, 2.24) is 0 Å². The molecule has 0 aliphatic carbocycles. The monoisotopic (exact) mass is 304 g/mol. The summed E-state index contributed by atoms with van der Waals surface area (Å²) < 4.78 is 11.6. The van der Waals surface area contributed by atoms with Gasteiger partial charge in [0.05, 0.1) is 27.2 Å². The van der Waals surface area contributed by atoms with Crippen molar-refractivity contribution < 1.29 is 9.00 Å². The lowest BCUT2D eigenvalue weighted by atomic mass is 10.1. The molecule has 1 aromatic carbocycles. The molecule has 4 nitrogen and oxygen atoms in total. The Bertz CT molecular complexity index is 564. The summed E-state index contributed by atoms with van der Waals surface area (Å²) in [5.41, 5.74) is 1.52. The predicted molar refractivity (Wildman–Crippen MR) is 74.1 cm³/mol. The Kier molecular flexibility index (Phi) is 3.00. The number of nitrogens with one attached hydrogen (secondary N) is 1. The van der Waals surface area contributed by atoms with E-state index in [4.69, 9.17) is 23.2 Å². The van der Waals surface area contributed by atoms with Crippen molar-refractivity contribution in [1.29, 1.82) is 0 Å². The lowest BCUT2D eigenvalue weighted by Crippen LogP contribution is -2.55. The number of halogens is 2. The van der Waals surface area contributed by atoms with Crippen LogP contribution in [0.1, 0.15) is 0 Å². The second-order valence-electron chi connectivity index (χ2n) is 4.29. The number of rotatable bonds is 0. The van der Waals surface area contributed by atoms with Crippen molar-refractivity contribution in [3.63, 3.8) is 0 Å². The third kappa shape index (κ3) is 1.90. The van der Waals surface area contributed by atoms with Crippen LogP contribution in [0.25, 0.3) is 0 Å². The minimum absolute atomic E-state index is 0.131. The number of anilines is 2. The van der Waals surface area contributed by atoms with E-state index in [2.05, 4.69) is 5.32 Å². The predicted octanol–water partition coefficient (Wildman–Crippen LogP) is 1.88. The maximum absolute atomic E-state index is 12.0. The third-order valence-corrected chi connectivity index (χ3v) is 5.24. The first kappa shape index (κ1) is 12.3. The molecule has 2 aliphatic rings. The minimum Gasteiger partial charge on any atom is -0.356 e. The zero-order valence-electron chi connectivity index (χ0n) is 9.28. The van der Waals surface area contributed by atoms with Gasteiger partial charge in [-0.15, -0.1) is 0 Å². The van der Waals surface area contributed by atoms with E-state index in [0.717, 1.165) is 5.69 Å².